The van der Waals surface area contributed by atoms with Crippen LogP contribution in [0.25, 0.3) is 0 Å². The minimum Gasteiger partial charge on any atom is -0.325 e. The van der Waals surface area contributed by atoms with Crippen molar-refractivity contribution in [1.29, 1.82) is 0 Å². The molecule has 0 aromatic heterocycles. The monoisotopic (exact) mass is 276 g/mol. The Bertz CT molecular complexity index is 517. The highest BCUT2D eigenvalue weighted by molar-refractivity contribution is 5.92. The van der Waals surface area contributed by atoms with Crippen LogP contribution in [0, 0.1) is 24.6 Å². The van der Waals surface area contributed by atoms with Crippen LogP contribution in [-0.4, -0.2) is 18.5 Å². The van der Waals surface area contributed by atoms with Gasteiger partial charge in [-0.1, -0.05) is 6.42 Å². The number of rotatable bonds is 4. The number of carbonyl (C=O) groups is 1. The maximum Gasteiger partial charge on any atom is 0.238 e. The summed E-state index contributed by atoms with van der Waals surface area (Å²) in [5.41, 5.74) is 1.43. The van der Waals surface area contributed by atoms with Crippen molar-refractivity contribution in [2.45, 2.75) is 38.6 Å². The van der Waals surface area contributed by atoms with Gasteiger partial charge in [-0.25, -0.2) is 4.39 Å². The molecule has 20 heavy (non-hydrogen) atoms. The molecule has 0 heterocycles. The zero-order valence-corrected chi connectivity index (χ0v) is 11.8. The number of hydrogen-bond acceptors (Lipinski definition) is 2. The minimum atomic E-state index is -0.277. The Morgan fingerprint density at radius 1 is 1.35 bits per heavy atom. The zero-order valence-electron chi connectivity index (χ0n) is 11.8. The summed E-state index contributed by atoms with van der Waals surface area (Å²) in [6.07, 6.45) is 5.22. The summed E-state index contributed by atoms with van der Waals surface area (Å²) in [7, 11) is 0. The lowest BCUT2D eigenvalue weighted by molar-refractivity contribution is -0.115. The van der Waals surface area contributed by atoms with Gasteiger partial charge in [0, 0.05) is 11.7 Å². The van der Waals surface area contributed by atoms with E-state index in [9.17, 15) is 9.18 Å². The number of nitrogens with one attached hydrogen (secondary N) is 2. The first kappa shape index (κ1) is 13.6. The number of fused-ring (bicyclic) bond motifs is 2. The summed E-state index contributed by atoms with van der Waals surface area (Å²) in [5.74, 6) is 1.31. The second kappa shape index (κ2) is 5.52. The van der Waals surface area contributed by atoms with Crippen LogP contribution in [0.5, 0.6) is 0 Å². The molecule has 2 N–H and O–H groups in total. The van der Waals surface area contributed by atoms with Crippen LogP contribution in [0.4, 0.5) is 10.1 Å². The lowest BCUT2D eigenvalue weighted by Crippen LogP contribution is -2.39. The van der Waals surface area contributed by atoms with Gasteiger partial charge in [-0.2, -0.15) is 0 Å². The van der Waals surface area contributed by atoms with E-state index in [0.717, 1.165) is 17.4 Å². The van der Waals surface area contributed by atoms with Crippen LogP contribution in [0.15, 0.2) is 18.2 Å². The first-order valence-electron chi connectivity index (χ1n) is 7.41. The molecule has 1 aromatic rings. The van der Waals surface area contributed by atoms with E-state index in [1.165, 1.54) is 37.8 Å². The fourth-order valence-electron chi connectivity index (χ4n) is 3.68. The predicted molar refractivity (Wildman–Crippen MR) is 77.0 cm³/mol. The molecular weight excluding hydrogens is 255 g/mol. The third-order valence-corrected chi connectivity index (χ3v) is 4.73. The van der Waals surface area contributed by atoms with Crippen molar-refractivity contribution in [2.24, 2.45) is 11.8 Å². The van der Waals surface area contributed by atoms with Gasteiger partial charge in [-0.05, 0) is 61.8 Å². The topological polar surface area (TPSA) is 41.1 Å². The molecule has 1 aromatic carbocycles. The molecule has 0 saturated heterocycles. The minimum absolute atomic E-state index is 0.0533. The zero-order chi connectivity index (χ0) is 14.1. The fraction of sp³-hybridized carbons (Fsp3) is 0.562. The van der Waals surface area contributed by atoms with Gasteiger partial charge in [0.25, 0.3) is 0 Å². The van der Waals surface area contributed by atoms with Crippen molar-refractivity contribution in [3.8, 4) is 0 Å². The Kier molecular flexibility index (Phi) is 3.74. The Morgan fingerprint density at radius 2 is 2.20 bits per heavy atom. The largest absolute Gasteiger partial charge is 0.325 e. The highest BCUT2D eigenvalue weighted by Crippen LogP contribution is 2.44. The molecule has 2 aliphatic rings. The van der Waals surface area contributed by atoms with Crippen molar-refractivity contribution < 1.29 is 9.18 Å². The number of aryl methyl sites for hydroxylation is 1. The molecule has 0 spiro atoms. The summed E-state index contributed by atoms with van der Waals surface area (Å²) >= 11 is 0. The average Bonchev–Trinajstić information content (AvgIpc) is 3.02. The van der Waals surface area contributed by atoms with E-state index >= 15 is 0 Å². The average molecular weight is 276 g/mol. The lowest BCUT2D eigenvalue weighted by Gasteiger charge is -2.22. The highest BCUT2D eigenvalue weighted by Gasteiger charge is 2.39. The van der Waals surface area contributed by atoms with Crippen molar-refractivity contribution in [3.63, 3.8) is 0 Å². The molecule has 108 valence electrons. The highest BCUT2D eigenvalue weighted by atomic mass is 19.1. The molecule has 2 saturated carbocycles. The van der Waals surface area contributed by atoms with E-state index in [0.29, 0.717) is 18.3 Å². The number of benzene rings is 1. The fourth-order valence-corrected chi connectivity index (χ4v) is 3.68. The Hall–Kier alpha value is -1.42. The van der Waals surface area contributed by atoms with Crippen LogP contribution in [0.3, 0.4) is 0 Å². The SMILES string of the molecule is Cc1cc(F)ccc1NC(=O)CN[C@@H]1C[C@H]2CC[C@@H]1C2. The molecule has 2 bridgehead atoms. The first-order valence-corrected chi connectivity index (χ1v) is 7.41. The second-order valence-corrected chi connectivity index (χ2v) is 6.17. The van der Waals surface area contributed by atoms with E-state index in [4.69, 9.17) is 0 Å². The van der Waals surface area contributed by atoms with Gasteiger partial charge in [0.2, 0.25) is 5.91 Å². The molecule has 3 nitrogen and oxygen atoms in total. The third-order valence-electron chi connectivity index (χ3n) is 4.73. The molecule has 2 fully saturated rings. The number of amides is 1. The molecule has 0 aliphatic heterocycles. The van der Waals surface area contributed by atoms with E-state index in [1.807, 2.05) is 0 Å². The van der Waals surface area contributed by atoms with Gasteiger partial charge in [0.15, 0.2) is 0 Å². The van der Waals surface area contributed by atoms with Crippen LogP contribution in [0.2, 0.25) is 0 Å². The third kappa shape index (κ3) is 2.85. The van der Waals surface area contributed by atoms with E-state index < -0.39 is 0 Å². The smallest absolute Gasteiger partial charge is 0.238 e. The summed E-state index contributed by atoms with van der Waals surface area (Å²) in [4.78, 5) is 11.9. The molecule has 3 atom stereocenters. The Labute approximate surface area is 118 Å². The van der Waals surface area contributed by atoms with E-state index in [2.05, 4.69) is 10.6 Å². The van der Waals surface area contributed by atoms with Crippen LogP contribution < -0.4 is 10.6 Å². The summed E-state index contributed by atoms with van der Waals surface area (Å²) in [6, 6.07) is 4.92. The molecule has 0 radical (unpaired) electrons. The van der Waals surface area contributed by atoms with Crippen molar-refractivity contribution in [2.75, 3.05) is 11.9 Å². The van der Waals surface area contributed by atoms with E-state index in [1.54, 1.807) is 13.0 Å². The van der Waals surface area contributed by atoms with Gasteiger partial charge in [-0.15, -0.1) is 0 Å². The Balaban J connectivity index is 1.50. The molecule has 3 rings (SSSR count). The van der Waals surface area contributed by atoms with Crippen LogP contribution >= 0.6 is 0 Å². The normalized spacial score (nSPS) is 27.8. The number of anilines is 1. The molecule has 4 heteroatoms. The Morgan fingerprint density at radius 3 is 2.85 bits per heavy atom. The van der Waals surface area contributed by atoms with E-state index in [-0.39, 0.29) is 11.7 Å². The van der Waals surface area contributed by atoms with Gasteiger partial charge >= 0.3 is 0 Å². The quantitative estimate of drug-likeness (QED) is 0.888. The first-order chi connectivity index (χ1) is 9.61. The van der Waals surface area contributed by atoms with Crippen LogP contribution in [-0.2, 0) is 4.79 Å². The maximum absolute atomic E-state index is 13.0. The summed E-state index contributed by atoms with van der Waals surface area (Å²) in [5, 5.41) is 6.22. The predicted octanol–water partition coefficient (Wildman–Crippen LogP) is 2.85. The van der Waals surface area contributed by atoms with Crippen molar-refractivity contribution in [1.82, 2.24) is 5.32 Å². The standard InChI is InChI=1S/C16H21FN2O/c1-10-6-13(17)4-5-14(10)19-16(20)9-18-15-8-11-2-3-12(15)7-11/h4-6,11-12,15,18H,2-3,7-9H2,1H3,(H,19,20)/t11-,12+,15+/m0/s1. The molecule has 1 amide bonds. The lowest BCUT2D eigenvalue weighted by atomic mass is 9.95. The molecule has 0 unspecified atom stereocenters. The number of carbonyl (C=O) groups excluding carboxylic acids is 1. The van der Waals surface area contributed by atoms with Crippen LogP contribution in [0.1, 0.15) is 31.2 Å². The van der Waals surface area contributed by atoms with Crippen molar-refractivity contribution in [3.05, 3.63) is 29.6 Å². The molecule has 2 aliphatic carbocycles. The van der Waals surface area contributed by atoms with Gasteiger partial charge in [0.05, 0.1) is 6.54 Å². The van der Waals surface area contributed by atoms with Gasteiger partial charge in [-0.3, -0.25) is 4.79 Å². The van der Waals surface area contributed by atoms with Crippen molar-refractivity contribution >= 4 is 11.6 Å². The molecular formula is C16H21FN2O. The number of hydrogen-bond donors (Lipinski definition) is 2. The van der Waals surface area contributed by atoms with Gasteiger partial charge in [0.1, 0.15) is 5.82 Å². The summed E-state index contributed by atoms with van der Waals surface area (Å²) in [6.45, 7) is 2.13. The number of halogens is 1. The second-order valence-electron chi connectivity index (χ2n) is 6.17. The summed E-state index contributed by atoms with van der Waals surface area (Å²) < 4.78 is 13.0. The maximum atomic E-state index is 13.0. The van der Waals surface area contributed by atoms with Gasteiger partial charge < -0.3 is 10.6 Å².